The van der Waals surface area contributed by atoms with Gasteiger partial charge in [0.15, 0.2) is 0 Å². The molecule has 0 aromatic heterocycles. The molecule has 0 spiro atoms. The minimum atomic E-state index is -0.487. The average molecular weight is 159 g/mol. The van der Waals surface area contributed by atoms with Crippen molar-refractivity contribution in [1.29, 1.82) is 0 Å². The minimum Gasteiger partial charge on any atom is -0.431 e. The predicted molar refractivity (Wildman–Crippen MR) is 40.4 cm³/mol. The molecule has 10 heavy (non-hydrogen) atoms. The largest absolute Gasteiger partial charge is 0.431 e. The molecule has 0 N–H and O–H groups in total. The first-order valence-electron chi connectivity index (χ1n) is 2.56. The Morgan fingerprint density at radius 3 is 2.70 bits per heavy atom. The fourth-order valence-corrected chi connectivity index (χ4v) is 0.326. The van der Waals surface area contributed by atoms with Crippen LogP contribution in [0.25, 0.3) is 0 Å². The number of ether oxygens (including phenoxy) is 1. The number of rotatable bonds is 3. The van der Waals surface area contributed by atoms with Crippen molar-refractivity contribution >= 4 is 17.6 Å². The van der Waals surface area contributed by atoms with Gasteiger partial charge in [-0.05, 0) is 12.2 Å². The lowest BCUT2D eigenvalue weighted by Crippen LogP contribution is -1.91. The van der Waals surface area contributed by atoms with E-state index in [9.17, 15) is 4.79 Å². The van der Waals surface area contributed by atoms with E-state index >= 15 is 0 Å². The van der Waals surface area contributed by atoms with Crippen molar-refractivity contribution in [2.45, 2.75) is 0 Å². The third-order valence-electron chi connectivity index (χ3n) is 0.613. The summed E-state index contributed by atoms with van der Waals surface area (Å²) in [7, 11) is 0. The van der Waals surface area contributed by atoms with E-state index in [0.717, 1.165) is 6.08 Å². The first-order chi connectivity index (χ1) is 4.81. The van der Waals surface area contributed by atoms with Crippen molar-refractivity contribution < 1.29 is 9.53 Å². The lowest BCUT2D eigenvalue weighted by Gasteiger charge is -1.87. The van der Waals surface area contributed by atoms with Crippen LogP contribution in [-0.2, 0) is 9.53 Å². The highest BCUT2D eigenvalue weighted by molar-refractivity contribution is 6.25. The molecule has 0 saturated carbocycles. The molecule has 0 saturated heterocycles. The van der Waals surface area contributed by atoms with Gasteiger partial charge in [0.25, 0.3) is 0 Å². The second-order valence-electron chi connectivity index (χ2n) is 1.29. The minimum absolute atomic E-state index is 0.487. The summed E-state index contributed by atoms with van der Waals surface area (Å²) in [5, 5.41) is 0. The zero-order valence-electron chi connectivity index (χ0n) is 5.29. The van der Waals surface area contributed by atoms with E-state index in [1.807, 2.05) is 0 Å². The van der Waals surface area contributed by atoms with Crippen molar-refractivity contribution in [3.63, 3.8) is 0 Å². The molecule has 0 aromatic carbocycles. The van der Waals surface area contributed by atoms with Crippen molar-refractivity contribution in [2.24, 2.45) is 0 Å². The van der Waals surface area contributed by atoms with E-state index < -0.39 is 5.97 Å². The predicted octanol–water partition coefficient (Wildman–Crippen LogP) is 1.98. The molecule has 0 aliphatic rings. The van der Waals surface area contributed by atoms with Crippen LogP contribution in [0.4, 0.5) is 0 Å². The molecule has 0 heterocycles. The number of allylic oxidation sites excluding steroid dienone is 2. The van der Waals surface area contributed by atoms with Crippen LogP contribution in [0, 0.1) is 0 Å². The van der Waals surface area contributed by atoms with Crippen molar-refractivity contribution in [1.82, 2.24) is 0 Å². The number of esters is 1. The van der Waals surface area contributed by atoms with Gasteiger partial charge in [-0.2, -0.15) is 0 Å². The summed E-state index contributed by atoms with van der Waals surface area (Å²) in [6.07, 6.45) is 5.32. The SMILES string of the molecule is C=CC(=O)OC=CC=CCl. The number of halogens is 1. The molecule has 0 aliphatic heterocycles. The van der Waals surface area contributed by atoms with Gasteiger partial charge in [0.2, 0.25) is 0 Å². The van der Waals surface area contributed by atoms with Crippen molar-refractivity contribution in [3.05, 3.63) is 36.6 Å². The lowest BCUT2D eigenvalue weighted by molar-refractivity contribution is -0.132. The van der Waals surface area contributed by atoms with Crippen molar-refractivity contribution in [3.8, 4) is 0 Å². The van der Waals surface area contributed by atoms with E-state index in [2.05, 4.69) is 11.3 Å². The van der Waals surface area contributed by atoms with Crippen LogP contribution in [0.1, 0.15) is 0 Å². The molecule has 0 aliphatic carbocycles. The maximum Gasteiger partial charge on any atom is 0.334 e. The molecule has 54 valence electrons. The second-order valence-corrected chi connectivity index (χ2v) is 1.54. The Labute approximate surface area is 64.4 Å². The van der Waals surface area contributed by atoms with Crippen LogP contribution in [0.2, 0.25) is 0 Å². The lowest BCUT2D eigenvalue weighted by atomic mass is 10.6. The second kappa shape index (κ2) is 6.11. The summed E-state index contributed by atoms with van der Waals surface area (Å²) in [5.74, 6) is -0.487. The standard InChI is InChI=1S/C7H7ClO2/c1-2-7(9)10-6-4-3-5-8/h2-6H,1H2. The Balaban J connectivity index is 3.52. The van der Waals surface area contributed by atoms with Crippen LogP contribution in [0.5, 0.6) is 0 Å². The molecule has 2 nitrogen and oxygen atoms in total. The van der Waals surface area contributed by atoms with Gasteiger partial charge >= 0.3 is 5.97 Å². The average Bonchev–Trinajstić information content (AvgIpc) is 1.98. The van der Waals surface area contributed by atoms with Gasteiger partial charge in [0, 0.05) is 11.6 Å². The summed E-state index contributed by atoms with van der Waals surface area (Å²) in [4.78, 5) is 10.3. The Kier molecular flexibility index (Phi) is 5.48. The van der Waals surface area contributed by atoms with E-state index in [4.69, 9.17) is 11.6 Å². The molecular formula is C7H7ClO2. The maximum atomic E-state index is 10.3. The topological polar surface area (TPSA) is 26.3 Å². The number of carbonyl (C=O) groups is 1. The van der Waals surface area contributed by atoms with Gasteiger partial charge in [-0.25, -0.2) is 4.79 Å². The van der Waals surface area contributed by atoms with Crippen molar-refractivity contribution in [2.75, 3.05) is 0 Å². The molecule has 0 fully saturated rings. The Bertz CT molecular complexity index is 170. The highest BCUT2D eigenvalue weighted by Crippen LogP contribution is 1.84. The highest BCUT2D eigenvalue weighted by atomic mass is 35.5. The summed E-state index contributed by atoms with van der Waals surface area (Å²) in [6.45, 7) is 3.21. The van der Waals surface area contributed by atoms with E-state index in [-0.39, 0.29) is 0 Å². The molecule has 0 radical (unpaired) electrons. The van der Waals surface area contributed by atoms with Gasteiger partial charge in [0.05, 0.1) is 6.26 Å². The Hall–Kier alpha value is -1.02. The van der Waals surface area contributed by atoms with Gasteiger partial charge in [0.1, 0.15) is 0 Å². The van der Waals surface area contributed by atoms with Crippen LogP contribution in [0.15, 0.2) is 36.6 Å². The number of hydrogen-bond donors (Lipinski definition) is 0. The third kappa shape index (κ3) is 5.12. The summed E-state index contributed by atoms with van der Waals surface area (Å²) < 4.78 is 4.45. The first kappa shape index (κ1) is 8.98. The molecule has 0 aromatic rings. The summed E-state index contributed by atoms with van der Waals surface area (Å²) in [5.41, 5.74) is 1.30. The van der Waals surface area contributed by atoms with Gasteiger partial charge < -0.3 is 4.74 Å². The van der Waals surface area contributed by atoms with E-state index in [0.29, 0.717) is 0 Å². The normalized spacial score (nSPS) is 10.5. The molecule has 3 heteroatoms. The van der Waals surface area contributed by atoms with Gasteiger partial charge in [-0.15, -0.1) is 0 Å². The molecule has 0 bridgehead atoms. The molecular weight excluding hydrogens is 152 g/mol. The monoisotopic (exact) mass is 158 g/mol. The third-order valence-corrected chi connectivity index (χ3v) is 0.759. The molecule has 0 atom stereocenters. The fourth-order valence-electron chi connectivity index (χ4n) is 0.242. The van der Waals surface area contributed by atoms with Crippen LogP contribution >= 0.6 is 11.6 Å². The zero-order chi connectivity index (χ0) is 7.82. The molecule has 0 amide bonds. The van der Waals surface area contributed by atoms with E-state index in [1.54, 1.807) is 0 Å². The summed E-state index contributed by atoms with van der Waals surface area (Å²) >= 11 is 5.16. The molecule has 0 unspecified atom stereocenters. The number of hydrogen-bond acceptors (Lipinski definition) is 2. The fraction of sp³-hybridized carbons (Fsp3) is 0. The smallest absolute Gasteiger partial charge is 0.334 e. The van der Waals surface area contributed by atoms with Crippen LogP contribution < -0.4 is 0 Å². The summed E-state index contributed by atoms with van der Waals surface area (Å²) in [6, 6.07) is 0. The Morgan fingerprint density at radius 1 is 1.50 bits per heavy atom. The van der Waals surface area contributed by atoms with Gasteiger partial charge in [-0.1, -0.05) is 18.2 Å². The van der Waals surface area contributed by atoms with Crippen LogP contribution in [-0.4, -0.2) is 5.97 Å². The van der Waals surface area contributed by atoms with Gasteiger partial charge in [-0.3, -0.25) is 0 Å². The maximum absolute atomic E-state index is 10.3. The van der Waals surface area contributed by atoms with Crippen LogP contribution in [0.3, 0.4) is 0 Å². The zero-order valence-corrected chi connectivity index (χ0v) is 6.04. The molecule has 0 rings (SSSR count). The first-order valence-corrected chi connectivity index (χ1v) is 3.00. The number of carbonyl (C=O) groups excluding carboxylic acids is 1. The quantitative estimate of drug-likeness (QED) is 0.272. The van der Waals surface area contributed by atoms with E-state index in [1.165, 1.54) is 23.9 Å². The Morgan fingerprint density at radius 2 is 2.20 bits per heavy atom. The highest BCUT2D eigenvalue weighted by Gasteiger charge is 1.86.